The first-order valence-electron chi connectivity index (χ1n) is 6.17. The average molecular weight is 434 g/mol. The van der Waals surface area contributed by atoms with Gasteiger partial charge in [0.25, 0.3) is 5.91 Å². The van der Waals surface area contributed by atoms with Crippen LogP contribution in [0.5, 0.6) is 0 Å². The van der Waals surface area contributed by atoms with E-state index >= 15 is 0 Å². The second-order valence-corrected chi connectivity index (χ2v) is 6.33. The molecule has 0 radical (unpaired) electrons. The summed E-state index contributed by atoms with van der Waals surface area (Å²) in [6, 6.07) is 8.71. The van der Waals surface area contributed by atoms with Gasteiger partial charge < -0.3 is 10.6 Å². The van der Waals surface area contributed by atoms with Gasteiger partial charge >= 0.3 is 0 Å². The Hall–Kier alpha value is -1.11. The molecule has 0 spiro atoms. The predicted molar refractivity (Wildman–Crippen MR) is 93.2 cm³/mol. The summed E-state index contributed by atoms with van der Waals surface area (Å²) < 4.78 is 1.71. The molecule has 2 N–H and O–H groups in total. The first kappa shape index (κ1) is 16.3. The minimum absolute atomic E-state index is 0.249. The van der Waals surface area contributed by atoms with E-state index in [1.165, 1.54) is 6.07 Å². The van der Waals surface area contributed by atoms with Gasteiger partial charge in [0, 0.05) is 21.1 Å². The zero-order chi connectivity index (χ0) is 15.4. The maximum absolute atomic E-state index is 12.3. The molecule has 0 aliphatic rings. The summed E-state index contributed by atoms with van der Waals surface area (Å²) in [5.41, 5.74) is 1.13. The van der Waals surface area contributed by atoms with Crippen LogP contribution < -0.4 is 10.6 Å². The Bertz CT molecular complexity index is 679. The van der Waals surface area contributed by atoms with E-state index < -0.39 is 0 Å². The predicted octanol–water partition coefficient (Wildman–Crippen LogP) is 4.94. The van der Waals surface area contributed by atoms with Crippen LogP contribution >= 0.6 is 43.5 Å². The number of benzene rings is 1. The number of amides is 1. The quantitative estimate of drug-likeness (QED) is 0.672. The SMILES string of the molecule is CCNc1cc(C(=O)Nc2ccc(Br)cc2Br)cc(Cl)n1. The molecular weight excluding hydrogens is 421 g/mol. The lowest BCUT2D eigenvalue weighted by Gasteiger charge is -2.09. The van der Waals surface area contributed by atoms with Crippen molar-refractivity contribution in [3.8, 4) is 0 Å². The molecule has 110 valence electrons. The summed E-state index contributed by atoms with van der Waals surface area (Å²) in [7, 11) is 0. The molecule has 0 aliphatic heterocycles. The van der Waals surface area contributed by atoms with Crippen LogP contribution in [0.1, 0.15) is 17.3 Å². The molecule has 1 aromatic carbocycles. The van der Waals surface area contributed by atoms with Crippen molar-refractivity contribution in [3.63, 3.8) is 0 Å². The average Bonchev–Trinajstić information content (AvgIpc) is 2.41. The molecule has 2 rings (SSSR count). The molecule has 0 fully saturated rings. The number of halogens is 3. The number of carbonyl (C=O) groups excluding carboxylic acids is 1. The zero-order valence-corrected chi connectivity index (χ0v) is 15.0. The highest BCUT2D eigenvalue weighted by atomic mass is 79.9. The number of aromatic nitrogens is 1. The molecule has 1 aromatic heterocycles. The summed E-state index contributed by atoms with van der Waals surface area (Å²) in [4.78, 5) is 16.4. The number of rotatable bonds is 4. The molecule has 0 unspecified atom stereocenters. The summed E-state index contributed by atoms with van der Waals surface area (Å²) in [6.45, 7) is 2.65. The molecule has 0 aliphatic carbocycles. The van der Waals surface area contributed by atoms with Gasteiger partial charge in [-0.2, -0.15) is 0 Å². The molecule has 1 heterocycles. The van der Waals surface area contributed by atoms with E-state index in [0.29, 0.717) is 23.6 Å². The van der Waals surface area contributed by atoms with Crippen LogP contribution in [0.15, 0.2) is 39.3 Å². The van der Waals surface area contributed by atoms with Crippen molar-refractivity contribution >= 4 is 60.9 Å². The lowest BCUT2D eigenvalue weighted by atomic mass is 10.2. The maximum Gasteiger partial charge on any atom is 0.255 e. The normalized spacial score (nSPS) is 10.3. The minimum Gasteiger partial charge on any atom is -0.370 e. The number of hydrogen-bond acceptors (Lipinski definition) is 3. The van der Waals surface area contributed by atoms with Crippen LogP contribution in [0.2, 0.25) is 5.15 Å². The Morgan fingerprint density at radius 1 is 1.29 bits per heavy atom. The van der Waals surface area contributed by atoms with Crippen LogP contribution in [0.25, 0.3) is 0 Å². The van der Waals surface area contributed by atoms with Crippen LogP contribution in [-0.4, -0.2) is 17.4 Å². The fourth-order valence-electron chi connectivity index (χ4n) is 1.69. The monoisotopic (exact) mass is 431 g/mol. The molecular formula is C14H12Br2ClN3O. The van der Waals surface area contributed by atoms with Crippen molar-refractivity contribution < 1.29 is 4.79 Å². The van der Waals surface area contributed by atoms with Gasteiger partial charge in [-0.25, -0.2) is 4.98 Å². The lowest BCUT2D eigenvalue weighted by molar-refractivity contribution is 0.102. The van der Waals surface area contributed by atoms with E-state index in [4.69, 9.17) is 11.6 Å². The number of pyridine rings is 1. The van der Waals surface area contributed by atoms with Crippen molar-refractivity contribution in [1.29, 1.82) is 0 Å². The highest BCUT2D eigenvalue weighted by molar-refractivity contribution is 9.11. The first-order chi connectivity index (χ1) is 9.99. The molecule has 0 bridgehead atoms. The Kier molecular flexibility index (Phi) is 5.61. The fourth-order valence-corrected chi connectivity index (χ4v) is 3.04. The van der Waals surface area contributed by atoms with Crippen molar-refractivity contribution in [2.75, 3.05) is 17.2 Å². The molecule has 4 nitrogen and oxygen atoms in total. The van der Waals surface area contributed by atoms with Crippen molar-refractivity contribution in [2.24, 2.45) is 0 Å². The highest BCUT2D eigenvalue weighted by Crippen LogP contribution is 2.27. The third-order valence-electron chi connectivity index (χ3n) is 2.59. The van der Waals surface area contributed by atoms with Crippen LogP contribution in [0, 0.1) is 0 Å². The smallest absolute Gasteiger partial charge is 0.255 e. The molecule has 0 atom stereocenters. The topological polar surface area (TPSA) is 54.0 Å². The Labute approximate surface area is 144 Å². The molecule has 7 heteroatoms. The standard InChI is InChI=1S/C14H12Br2ClN3O/c1-2-18-13-6-8(5-12(17)20-13)14(21)19-11-4-3-9(15)7-10(11)16/h3-7H,2H2,1H3,(H,18,20)(H,19,21). The fraction of sp³-hybridized carbons (Fsp3) is 0.143. The Morgan fingerprint density at radius 3 is 2.71 bits per heavy atom. The van der Waals surface area contributed by atoms with Crippen LogP contribution in [-0.2, 0) is 0 Å². The first-order valence-corrected chi connectivity index (χ1v) is 8.14. The van der Waals surface area contributed by atoms with Gasteiger partial charge in [0.15, 0.2) is 0 Å². The van der Waals surface area contributed by atoms with Crippen molar-refractivity contribution in [1.82, 2.24) is 4.98 Å². The van der Waals surface area contributed by atoms with E-state index in [2.05, 4.69) is 47.5 Å². The van der Waals surface area contributed by atoms with Gasteiger partial charge in [0.1, 0.15) is 11.0 Å². The van der Waals surface area contributed by atoms with E-state index in [0.717, 1.165) is 8.95 Å². The van der Waals surface area contributed by atoms with E-state index in [-0.39, 0.29) is 11.1 Å². The van der Waals surface area contributed by atoms with E-state index in [1.54, 1.807) is 12.1 Å². The highest BCUT2D eigenvalue weighted by Gasteiger charge is 2.11. The van der Waals surface area contributed by atoms with Gasteiger partial charge in [0.2, 0.25) is 0 Å². The molecule has 21 heavy (non-hydrogen) atoms. The van der Waals surface area contributed by atoms with Gasteiger partial charge in [-0.05, 0) is 53.2 Å². The summed E-state index contributed by atoms with van der Waals surface area (Å²) in [6.07, 6.45) is 0. The third-order valence-corrected chi connectivity index (χ3v) is 3.94. The lowest BCUT2D eigenvalue weighted by Crippen LogP contribution is -2.13. The Balaban J connectivity index is 2.23. The minimum atomic E-state index is -0.249. The van der Waals surface area contributed by atoms with Gasteiger partial charge in [-0.1, -0.05) is 27.5 Å². The third kappa shape index (κ3) is 4.43. The summed E-state index contributed by atoms with van der Waals surface area (Å²) in [5, 5.41) is 6.14. The van der Waals surface area contributed by atoms with Gasteiger partial charge in [0.05, 0.1) is 5.69 Å². The molecule has 0 saturated heterocycles. The number of carbonyl (C=O) groups is 1. The van der Waals surface area contributed by atoms with Gasteiger partial charge in [-0.15, -0.1) is 0 Å². The number of anilines is 2. The van der Waals surface area contributed by atoms with Crippen molar-refractivity contribution in [3.05, 3.63) is 50.0 Å². The number of hydrogen-bond donors (Lipinski definition) is 2. The van der Waals surface area contributed by atoms with E-state index in [9.17, 15) is 4.79 Å². The van der Waals surface area contributed by atoms with Crippen LogP contribution in [0.4, 0.5) is 11.5 Å². The maximum atomic E-state index is 12.3. The summed E-state index contributed by atoms with van der Waals surface area (Å²) >= 11 is 12.7. The number of nitrogens with one attached hydrogen (secondary N) is 2. The largest absolute Gasteiger partial charge is 0.370 e. The Morgan fingerprint density at radius 2 is 2.05 bits per heavy atom. The summed E-state index contributed by atoms with van der Waals surface area (Å²) in [5.74, 6) is 0.325. The number of nitrogens with zero attached hydrogens (tertiary/aromatic N) is 1. The van der Waals surface area contributed by atoms with Crippen LogP contribution in [0.3, 0.4) is 0 Å². The molecule has 2 aromatic rings. The molecule has 1 amide bonds. The molecule has 0 saturated carbocycles. The second kappa shape index (κ2) is 7.24. The van der Waals surface area contributed by atoms with Crippen molar-refractivity contribution in [2.45, 2.75) is 6.92 Å². The zero-order valence-electron chi connectivity index (χ0n) is 11.1. The van der Waals surface area contributed by atoms with E-state index in [1.807, 2.05) is 19.1 Å². The second-order valence-electron chi connectivity index (χ2n) is 4.17. The van der Waals surface area contributed by atoms with Gasteiger partial charge in [-0.3, -0.25) is 4.79 Å².